The number of esters is 2. The summed E-state index contributed by atoms with van der Waals surface area (Å²) in [6.45, 7) is 11.4. The van der Waals surface area contributed by atoms with Gasteiger partial charge in [-0.15, -0.1) is 13.2 Å². The molecule has 0 fully saturated rings. The van der Waals surface area contributed by atoms with E-state index in [0.29, 0.717) is 12.8 Å². The van der Waals surface area contributed by atoms with Crippen LogP contribution in [0.2, 0.25) is 0 Å². The van der Waals surface area contributed by atoms with E-state index in [-0.39, 0.29) is 24.3 Å². The van der Waals surface area contributed by atoms with Crippen LogP contribution in [0, 0.1) is 0 Å². The Morgan fingerprint density at radius 2 is 1.59 bits per heavy atom. The molecule has 0 saturated heterocycles. The minimum Gasteiger partial charge on any atom is -0.462 e. The molecule has 0 aliphatic carbocycles. The van der Waals surface area contributed by atoms with Gasteiger partial charge < -0.3 is 9.47 Å². The van der Waals surface area contributed by atoms with Gasteiger partial charge >= 0.3 is 11.9 Å². The average Bonchev–Trinajstić information content (AvgIpc) is 2.49. The zero-order chi connectivity index (χ0) is 16.5. The van der Waals surface area contributed by atoms with Crippen LogP contribution in [0.4, 0.5) is 0 Å². The molecule has 0 radical (unpaired) electrons. The zero-order valence-electron chi connectivity index (χ0n) is 13.2. The van der Waals surface area contributed by atoms with Crippen LogP contribution in [0.1, 0.15) is 45.7 Å². The monoisotopic (exact) mass is 302 g/mol. The number of hydrogen-bond donors (Lipinski definition) is 0. The van der Waals surface area contributed by atoms with Crippen LogP contribution < -0.4 is 0 Å². The van der Waals surface area contributed by atoms with Crippen molar-refractivity contribution in [3.63, 3.8) is 0 Å². The summed E-state index contributed by atoms with van der Waals surface area (Å²) in [6.07, 6.45) is 4.50. The second-order valence-corrected chi connectivity index (χ2v) is 4.55. The smallest absolute Gasteiger partial charge is 0.339 e. The molecule has 0 spiro atoms. The van der Waals surface area contributed by atoms with E-state index < -0.39 is 11.9 Å². The Morgan fingerprint density at radius 1 is 1.00 bits per heavy atom. The van der Waals surface area contributed by atoms with Crippen LogP contribution >= 0.6 is 0 Å². The lowest BCUT2D eigenvalue weighted by Gasteiger charge is -2.16. The Bertz CT molecular complexity index is 573. The lowest BCUT2D eigenvalue weighted by Crippen LogP contribution is -2.18. The molecule has 22 heavy (non-hydrogen) atoms. The van der Waals surface area contributed by atoms with Crippen molar-refractivity contribution < 1.29 is 19.1 Å². The standard InChI is InChI=1S/C18H22O4/c1-5-9-13-11-12-15(17(19)21-7-3)16(14(13)10-6-2)18(20)22-8-4/h5-6,11-12H,1-2,7-10H2,3-4H3. The molecule has 0 aliphatic rings. The fraction of sp³-hybridized carbons (Fsp3) is 0.333. The number of hydrogen-bond acceptors (Lipinski definition) is 4. The number of carbonyl (C=O) groups is 2. The lowest BCUT2D eigenvalue weighted by atomic mass is 9.92. The molecule has 0 N–H and O–H groups in total. The lowest BCUT2D eigenvalue weighted by molar-refractivity contribution is 0.0478. The van der Waals surface area contributed by atoms with Gasteiger partial charge in [-0.3, -0.25) is 0 Å². The van der Waals surface area contributed by atoms with Gasteiger partial charge in [-0.2, -0.15) is 0 Å². The molecule has 1 rings (SSSR count). The molecule has 0 heterocycles. The quantitative estimate of drug-likeness (QED) is 0.545. The summed E-state index contributed by atoms with van der Waals surface area (Å²) in [5.74, 6) is -1.05. The maximum atomic E-state index is 12.3. The van der Waals surface area contributed by atoms with Gasteiger partial charge in [0.25, 0.3) is 0 Å². The highest BCUT2D eigenvalue weighted by Crippen LogP contribution is 2.23. The van der Waals surface area contributed by atoms with Gasteiger partial charge in [0.1, 0.15) is 0 Å². The van der Waals surface area contributed by atoms with E-state index >= 15 is 0 Å². The SMILES string of the molecule is C=CCc1ccc(C(=O)OCC)c(C(=O)OCC)c1CC=C. The van der Waals surface area contributed by atoms with Gasteiger partial charge in [0.05, 0.1) is 24.3 Å². The third-order valence-electron chi connectivity index (χ3n) is 3.10. The maximum absolute atomic E-state index is 12.3. The summed E-state index contributed by atoms with van der Waals surface area (Å²) < 4.78 is 10.1. The summed E-state index contributed by atoms with van der Waals surface area (Å²) >= 11 is 0. The molecule has 1 aromatic carbocycles. The van der Waals surface area contributed by atoms with Gasteiger partial charge in [-0.05, 0) is 43.9 Å². The second kappa shape index (κ2) is 8.82. The zero-order valence-corrected chi connectivity index (χ0v) is 13.2. The van der Waals surface area contributed by atoms with E-state index in [0.717, 1.165) is 11.1 Å². The predicted octanol–water partition coefficient (Wildman–Crippen LogP) is 3.50. The minimum atomic E-state index is -0.527. The summed E-state index contributed by atoms with van der Waals surface area (Å²) in [7, 11) is 0. The summed E-state index contributed by atoms with van der Waals surface area (Å²) in [5.41, 5.74) is 2.15. The minimum absolute atomic E-state index is 0.227. The predicted molar refractivity (Wildman–Crippen MR) is 86.2 cm³/mol. The highest BCUT2D eigenvalue weighted by molar-refractivity contribution is 6.04. The molecule has 1 aromatic rings. The Kier molecular flexibility index (Phi) is 7.09. The first kappa shape index (κ1) is 17.7. The van der Waals surface area contributed by atoms with Gasteiger partial charge in [0, 0.05) is 0 Å². The Morgan fingerprint density at radius 3 is 2.14 bits per heavy atom. The van der Waals surface area contributed by atoms with Crippen LogP contribution in [0.15, 0.2) is 37.4 Å². The summed E-state index contributed by atoms with van der Waals surface area (Å²) in [6, 6.07) is 3.42. The van der Waals surface area contributed by atoms with Gasteiger partial charge in [0.15, 0.2) is 0 Å². The van der Waals surface area contributed by atoms with Crippen LogP contribution in [0.25, 0.3) is 0 Å². The number of benzene rings is 1. The van der Waals surface area contributed by atoms with E-state index in [1.807, 2.05) is 6.07 Å². The third-order valence-corrected chi connectivity index (χ3v) is 3.10. The van der Waals surface area contributed by atoms with Crippen molar-refractivity contribution >= 4 is 11.9 Å². The van der Waals surface area contributed by atoms with E-state index in [9.17, 15) is 9.59 Å². The maximum Gasteiger partial charge on any atom is 0.339 e. The van der Waals surface area contributed by atoms with Crippen molar-refractivity contribution in [2.45, 2.75) is 26.7 Å². The molecule has 0 amide bonds. The Balaban J connectivity index is 3.52. The highest BCUT2D eigenvalue weighted by Gasteiger charge is 2.24. The molecule has 0 aromatic heterocycles. The normalized spacial score (nSPS) is 9.91. The van der Waals surface area contributed by atoms with Crippen LogP contribution in [0.3, 0.4) is 0 Å². The van der Waals surface area contributed by atoms with Crippen LogP contribution in [0.5, 0.6) is 0 Å². The average molecular weight is 302 g/mol. The molecule has 4 nitrogen and oxygen atoms in total. The van der Waals surface area contributed by atoms with E-state index in [1.54, 1.807) is 32.1 Å². The molecular weight excluding hydrogens is 280 g/mol. The first-order valence-electron chi connectivity index (χ1n) is 7.31. The number of allylic oxidation sites excluding steroid dienone is 2. The molecule has 0 aliphatic heterocycles. The topological polar surface area (TPSA) is 52.6 Å². The third kappa shape index (κ3) is 4.07. The van der Waals surface area contributed by atoms with Crippen molar-refractivity contribution in [1.29, 1.82) is 0 Å². The molecule has 0 unspecified atom stereocenters. The Hall–Kier alpha value is -2.36. The molecule has 0 atom stereocenters. The first-order valence-corrected chi connectivity index (χ1v) is 7.31. The molecule has 0 bridgehead atoms. The van der Waals surface area contributed by atoms with E-state index in [1.165, 1.54) is 0 Å². The summed E-state index contributed by atoms with van der Waals surface area (Å²) in [5, 5.41) is 0. The highest BCUT2D eigenvalue weighted by atomic mass is 16.5. The van der Waals surface area contributed by atoms with Crippen LogP contribution in [-0.2, 0) is 22.3 Å². The van der Waals surface area contributed by atoms with Gasteiger partial charge in [0.2, 0.25) is 0 Å². The Labute approximate surface area is 131 Å². The van der Waals surface area contributed by atoms with Crippen LogP contribution in [-0.4, -0.2) is 25.2 Å². The van der Waals surface area contributed by atoms with Crippen molar-refractivity contribution in [3.05, 3.63) is 59.7 Å². The van der Waals surface area contributed by atoms with E-state index in [2.05, 4.69) is 13.2 Å². The van der Waals surface area contributed by atoms with Gasteiger partial charge in [-0.1, -0.05) is 18.2 Å². The van der Waals surface area contributed by atoms with Gasteiger partial charge in [-0.25, -0.2) is 9.59 Å². The molecular formula is C18H22O4. The van der Waals surface area contributed by atoms with E-state index in [4.69, 9.17) is 9.47 Å². The molecule has 118 valence electrons. The second-order valence-electron chi connectivity index (χ2n) is 4.55. The fourth-order valence-corrected chi connectivity index (χ4v) is 2.23. The van der Waals surface area contributed by atoms with Crippen molar-refractivity contribution in [2.75, 3.05) is 13.2 Å². The molecule has 4 heteroatoms. The van der Waals surface area contributed by atoms with Crippen molar-refractivity contribution in [3.8, 4) is 0 Å². The number of rotatable bonds is 8. The van der Waals surface area contributed by atoms with Crippen molar-refractivity contribution in [2.24, 2.45) is 0 Å². The number of ether oxygens (including phenoxy) is 2. The fourth-order valence-electron chi connectivity index (χ4n) is 2.23. The molecule has 0 saturated carbocycles. The largest absolute Gasteiger partial charge is 0.462 e. The summed E-state index contributed by atoms with van der Waals surface area (Å²) in [4.78, 5) is 24.5. The number of carbonyl (C=O) groups excluding carboxylic acids is 2. The van der Waals surface area contributed by atoms with Crippen molar-refractivity contribution in [1.82, 2.24) is 0 Å². The first-order chi connectivity index (χ1) is 10.6.